The van der Waals surface area contributed by atoms with Crippen molar-refractivity contribution in [3.63, 3.8) is 0 Å². The maximum Gasteiger partial charge on any atom is 0.338 e. The Morgan fingerprint density at radius 3 is 2.34 bits per heavy atom. The van der Waals surface area contributed by atoms with Gasteiger partial charge in [0.25, 0.3) is 5.91 Å². The number of esters is 2. The van der Waals surface area contributed by atoms with E-state index in [2.05, 4.69) is 21.2 Å². The number of benzene rings is 3. The zero-order valence-corrected chi connectivity index (χ0v) is 26.5. The molecule has 4 rings (SSSR count). The molecule has 0 fully saturated rings. The number of carbonyl (C=O) groups excluding carboxylic acids is 4. The number of nitrogens with one attached hydrogen (secondary N) is 3. The standard InChI is InChI=1S/C34H36N4O9/c1-5-44-32(40)23-13-11-22(12-14-23)19-46-26-10-8-7-9-25(26)18-35-38-29(39)20-47-27-16-15-24(17-28(27)43-4)31-30(33(41)45-6-2)21(3)36-34(42)37-31/h7-18,31H,5-6,19-20H2,1-4H3,(H,38,39)(H2,36,37,42)/b35-18+/t31-/m0/s1. The number of urea groups is 1. The van der Waals surface area contributed by atoms with E-state index in [1.54, 1.807) is 75.4 Å². The van der Waals surface area contributed by atoms with Crippen LogP contribution in [0.5, 0.6) is 17.2 Å². The molecular weight excluding hydrogens is 608 g/mol. The van der Waals surface area contributed by atoms with Gasteiger partial charge in [0.15, 0.2) is 18.1 Å². The van der Waals surface area contributed by atoms with Gasteiger partial charge in [-0.05, 0) is 68.3 Å². The second-order valence-corrected chi connectivity index (χ2v) is 10.0. The van der Waals surface area contributed by atoms with E-state index >= 15 is 0 Å². The van der Waals surface area contributed by atoms with Crippen molar-refractivity contribution >= 4 is 30.1 Å². The lowest BCUT2D eigenvalue weighted by Crippen LogP contribution is -2.45. The number of methoxy groups -OCH3 is 1. The molecule has 0 aliphatic carbocycles. The zero-order valence-electron chi connectivity index (χ0n) is 26.5. The van der Waals surface area contributed by atoms with Crippen LogP contribution in [0.25, 0.3) is 0 Å². The average molecular weight is 645 g/mol. The summed E-state index contributed by atoms with van der Waals surface area (Å²) >= 11 is 0. The van der Waals surface area contributed by atoms with Crippen molar-refractivity contribution in [2.45, 2.75) is 33.4 Å². The van der Waals surface area contributed by atoms with Crippen molar-refractivity contribution in [3.05, 3.63) is 100 Å². The Bertz CT molecular complexity index is 1670. The van der Waals surface area contributed by atoms with E-state index in [9.17, 15) is 19.2 Å². The summed E-state index contributed by atoms with van der Waals surface area (Å²) in [5, 5.41) is 9.35. The molecule has 13 nitrogen and oxygen atoms in total. The summed E-state index contributed by atoms with van der Waals surface area (Å²) in [4.78, 5) is 49.2. The van der Waals surface area contributed by atoms with Crippen LogP contribution >= 0.6 is 0 Å². The molecule has 3 N–H and O–H groups in total. The number of amides is 3. The number of hydrogen-bond acceptors (Lipinski definition) is 10. The summed E-state index contributed by atoms with van der Waals surface area (Å²) in [6.45, 7) is 5.43. The van der Waals surface area contributed by atoms with E-state index in [0.29, 0.717) is 34.7 Å². The minimum atomic E-state index is -0.785. The molecule has 3 amide bonds. The monoisotopic (exact) mass is 644 g/mol. The zero-order chi connectivity index (χ0) is 33.8. The number of ether oxygens (including phenoxy) is 5. The second kappa shape index (κ2) is 16.5. The first-order valence-electron chi connectivity index (χ1n) is 14.8. The SMILES string of the molecule is CCOC(=O)C1=C(C)NC(=O)N[C@H]1c1ccc(OCC(=O)N/N=C/c2ccccc2OCc2ccc(C(=O)OCC)cc2)c(OC)c1. The molecule has 0 saturated carbocycles. The van der Waals surface area contributed by atoms with Crippen LogP contribution in [0.2, 0.25) is 0 Å². The number of para-hydroxylation sites is 1. The molecule has 47 heavy (non-hydrogen) atoms. The number of hydrogen-bond donors (Lipinski definition) is 3. The van der Waals surface area contributed by atoms with E-state index in [-0.39, 0.29) is 42.9 Å². The Labute approximate surface area is 271 Å². The molecule has 0 radical (unpaired) electrons. The molecule has 3 aromatic rings. The van der Waals surface area contributed by atoms with Gasteiger partial charge in [-0.15, -0.1) is 0 Å². The van der Waals surface area contributed by atoms with Crippen molar-refractivity contribution < 1.29 is 42.9 Å². The second-order valence-electron chi connectivity index (χ2n) is 10.0. The van der Waals surface area contributed by atoms with Crippen LogP contribution in [0.3, 0.4) is 0 Å². The molecule has 1 aliphatic rings. The van der Waals surface area contributed by atoms with Crippen LogP contribution in [-0.2, 0) is 25.7 Å². The van der Waals surface area contributed by atoms with Gasteiger partial charge in [-0.25, -0.2) is 19.8 Å². The maximum absolute atomic E-state index is 12.6. The highest BCUT2D eigenvalue weighted by molar-refractivity contribution is 5.95. The Balaban J connectivity index is 1.34. The summed E-state index contributed by atoms with van der Waals surface area (Å²) in [5.41, 5.74) is 5.56. The highest BCUT2D eigenvalue weighted by atomic mass is 16.5. The minimum absolute atomic E-state index is 0.175. The first-order valence-corrected chi connectivity index (χ1v) is 14.8. The third-order valence-corrected chi connectivity index (χ3v) is 6.82. The third-order valence-electron chi connectivity index (χ3n) is 6.82. The largest absolute Gasteiger partial charge is 0.493 e. The van der Waals surface area contributed by atoms with E-state index in [0.717, 1.165) is 5.56 Å². The molecule has 13 heteroatoms. The topological polar surface area (TPSA) is 163 Å². The van der Waals surface area contributed by atoms with Crippen LogP contribution < -0.4 is 30.3 Å². The van der Waals surface area contributed by atoms with Crippen LogP contribution in [0.4, 0.5) is 4.79 Å². The molecule has 1 heterocycles. The molecule has 0 saturated heterocycles. The molecule has 246 valence electrons. The molecule has 0 aromatic heterocycles. The highest BCUT2D eigenvalue weighted by Crippen LogP contribution is 2.34. The third kappa shape index (κ3) is 9.10. The molecule has 0 unspecified atom stereocenters. The quantitative estimate of drug-likeness (QED) is 0.133. The molecule has 1 atom stereocenters. The van der Waals surface area contributed by atoms with E-state index in [4.69, 9.17) is 23.7 Å². The minimum Gasteiger partial charge on any atom is -0.493 e. The van der Waals surface area contributed by atoms with Crippen molar-refractivity contribution in [2.24, 2.45) is 5.10 Å². The van der Waals surface area contributed by atoms with Crippen molar-refractivity contribution in [3.8, 4) is 17.2 Å². The van der Waals surface area contributed by atoms with Crippen molar-refractivity contribution in [1.29, 1.82) is 0 Å². The predicted octanol–water partition coefficient (Wildman–Crippen LogP) is 4.17. The van der Waals surface area contributed by atoms with E-state index in [1.165, 1.54) is 13.3 Å². The summed E-state index contributed by atoms with van der Waals surface area (Å²) in [6, 6.07) is 17.7. The lowest BCUT2D eigenvalue weighted by molar-refractivity contribution is -0.139. The number of allylic oxidation sites excluding steroid dienone is 1. The molecule has 1 aliphatic heterocycles. The number of nitrogens with zero attached hydrogens (tertiary/aromatic N) is 1. The van der Waals surface area contributed by atoms with Crippen LogP contribution in [-0.4, -0.2) is 57.0 Å². The number of rotatable bonds is 14. The Morgan fingerprint density at radius 2 is 1.62 bits per heavy atom. The highest BCUT2D eigenvalue weighted by Gasteiger charge is 2.32. The van der Waals surface area contributed by atoms with Gasteiger partial charge in [0.1, 0.15) is 12.4 Å². The Kier molecular flexibility index (Phi) is 11.9. The average Bonchev–Trinajstić information content (AvgIpc) is 3.06. The van der Waals surface area contributed by atoms with Gasteiger partial charge in [0, 0.05) is 11.3 Å². The molecular formula is C34H36N4O9. The fourth-order valence-electron chi connectivity index (χ4n) is 4.59. The first kappa shape index (κ1) is 34.0. The molecule has 3 aromatic carbocycles. The summed E-state index contributed by atoms with van der Waals surface area (Å²) in [5.74, 6) is -0.371. The van der Waals surface area contributed by atoms with Crippen molar-refractivity contribution in [2.75, 3.05) is 26.9 Å². The van der Waals surface area contributed by atoms with Crippen LogP contribution in [0, 0.1) is 0 Å². The van der Waals surface area contributed by atoms with Crippen LogP contribution in [0.15, 0.2) is 83.1 Å². The molecule has 0 spiro atoms. The van der Waals surface area contributed by atoms with Gasteiger partial charge >= 0.3 is 18.0 Å². The Morgan fingerprint density at radius 1 is 0.894 bits per heavy atom. The van der Waals surface area contributed by atoms with Gasteiger partial charge in [0.05, 0.1) is 43.7 Å². The van der Waals surface area contributed by atoms with Gasteiger partial charge < -0.3 is 34.3 Å². The first-order chi connectivity index (χ1) is 22.7. The summed E-state index contributed by atoms with van der Waals surface area (Å²) in [7, 11) is 1.43. The number of carbonyl (C=O) groups is 4. The van der Waals surface area contributed by atoms with Gasteiger partial charge in [-0.1, -0.05) is 30.3 Å². The van der Waals surface area contributed by atoms with Crippen LogP contribution in [0.1, 0.15) is 53.9 Å². The lowest BCUT2D eigenvalue weighted by Gasteiger charge is -2.28. The van der Waals surface area contributed by atoms with Gasteiger partial charge in [-0.2, -0.15) is 5.10 Å². The van der Waals surface area contributed by atoms with Crippen molar-refractivity contribution in [1.82, 2.24) is 16.1 Å². The Hall–Kier alpha value is -5.85. The number of hydrazone groups is 1. The summed E-state index contributed by atoms with van der Waals surface area (Å²) < 4.78 is 27.3. The fourth-order valence-corrected chi connectivity index (χ4v) is 4.59. The predicted molar refractivity (Wildman–Crippen MR) is 171 cm³/mol. The summed E-state index contributed by atoms with van der Waals surface area (Å²) in [6.07, 6.45) is 1.45. The molecule has 0 bridgehead atoms. The maximum atomic E-state index is 12.6. The lowest BCUT2D eigenvalue weighted by atomic mass is 9.95. The van der Waals surface area contributed by atoms with Gasteiger partial charge in [-0.3, -0.25) is 4.79 Å². The fraction of sp³-hybridized carbons (Fsp3) is 0.265. The van der Waals surface area contributed by atoms with E-state index in [1.807, 2.05) is 12.1 Å². The smallest absolute Gasteiger partial charge is 0.338 e. The van der Waals surface area contributed by atoms with E-state index < -0.39 is 23.9 Å². The normalized spacial score (nSPS) is 14.1. The van der Waals surface area contributed by atoms with Gasteiger partial charge in [0.2, 0.25) is 0 Å².